The van der Waals surface area contributed by atoms with Crippen molar-refractivity contribution in [3.63, 3.8) is 0 Å². The first kappa shape index (κ1) is 16.0. The number of β-amino-alcohol motifs (C(OH)–C–C–N with tert-alkyl or cyclic N) is 1. The van der Waals surface area contributed by atoms with Crippen molar-refractivity contribution in [3.8, 4) is 5.75 Å². The van der Waals surface area contributed by atoms with E-state index in [0.717, 1.165) is 31.7 Å². The number of hydrogen-bond acceptors (Lipinski definition) is 4. The molecule has 1 unspecified atom stereocenters. The van der Waals surface area contributed by atoms with Gasteiger partial charge in [-0.2, -0.15) is 5.10 Å². The summed E-state index contributed by atoms with van der Waals surface area (Å²) < 4.78 is 5.65. The molecule has 23 heavy (non-hydrogen) atoms. The fourth-order valence-corrected chi connectivity index (χ4v) is 3.10. The highest BCUT2D eigenvalue weighted by Crippen LogP contribution is 2.26. The molecule has 2 N–H and O–H groups in total. The van der Waals surface area contributed by atoms with Gasteiger partial charge in [-0.3, -0.25) is 5.10 Å². The van der Waals surface area contributed by atoms with Crippen LogP contribution in [-0.2, 0) is 0 Å². The number of likely N-dealkylation sites (tertiary alicyclic amines) is 1. The highest BCUT2D eigenvalue weighted by atomic mass is 16.5. The van der Waals surface area contributed by atoms with Crippen LogP contribution in [0.2, 0.25) is 0 Å². The monoisotopic (exact) mass is 315 g/mol. The van der Waals surface area contributed by atoms with Crippen molar-refractivity contribution >= 4 is 0 Å². The molecule has 124 valence electrons. The first-order chi connectivity index (χ1) is 11.2. The number of H-pyrrole nitrogens is 1. The molecule has 2 heterocycles. The van der Waals surface area contributed by atoms with Crippen LogP contribution in [0, 0.1) is 6.92 Å². The summed E-state index contributed by atoms with van der Waals surface area (Å²) >= 11 is 0. The molecule has 1 aromatic heterocycles. The lowest BCUT2D eigenvalue weighted by atomic mass is 9.93. The van der Waals surface area contributed by atoms with Gasteiger partial charge in [-0.15, -0.1) is 0 Å². The van der Waals surface area contributed by atoms with Crippen LogP contribution < -0.4 is 4.74 Å². The van der Waals surface area contributed by atoms with Gasteiger partial charge in [-0.1, -0.05) is 17.7 Å². The van der Waals surface area contributed by atoms with Gasteiger partial charge in [0.05, 0.1) is 0 Å². The summed E-state index contributed by atoms with van der Waals surface area (Å²) in [6.07, 6.45) is 3.56. The third kappa shape index (κ3) is 4.56. The predicted molar refractivity (Wildman–Crippen MR) is 89.7 cm³/mol. The minimum Gasteiger partial charge on any atom is -0.491 e. The van der Waals surface area contributed by atoms with Gasteiger partial charge in [0, 0.05) is 24.4 Å². The molecule has 3 rings (SSSR count). The van der Waals surface area contributed by atoms with Crippen molar-refractivity contribution in [3.05, 3.63) is 47.8 Å². The van der Waals surface area contributed by atoms with Gasteiger partial charge in [-0.25, -0.2) is 0 Å². The first-order valence-electron chi connectivity index (χ1n) is 8.30. The number of aliphatic hydroxyl groups excluding tert-OH is 1. The smallest absolute Gasteiger partial charge is 0.119 e. The van der Waals surface area contributed by atoms with Gasteiger partial charge in [0.1, 0.15) is 18.5 Å². The summed E-state index contributed by atoms with van der Waals surface area (Å²) in [7, 11) is 0. The van der Waals surface area contributed by atoms with E-state index in [2.05, 4.69) is 21.2 Å². The molecule has 2 aromatic rings. The molecule has 1 fully saturated rings. The van der Waals surface area contributed by atoms with Crippen LogP contribution in [0.5, 0.6) is 5.75 Å². The molecular weight excluding hydrogens is 290 g/mol. The van der Waals surface area contributed by atoms with Crippen LogP contribution in [0.1, 0.15) is 30.0 Å². The maximum atomic E-state index is 10.2. The molecule has 0 amide bonds. The van der Waals surface area contributed by atoms with E-state index in [1.807, 2.05) is 37.4 Å². The molecule has 0 radical (unpaired) electrons. The molecule has 1 aromatic carbocycles. The Kier molecular flexibility index (Phi) is 5.31. The molecule has 5 nitrogen and oxygen atoms in total. The molecule has 1 atom stereocenters. The molecule has 0 saturated carbocycles. The van der Waals surface area contributed by atoms with Crippen LogP contribution in [0.3, 0.4) is 0 Å². The zero-order valence-electron chi connectivity index (χ0n) is 13.6. The normalized spacial score (nSPS) is 18.0. The van der Waals surface area contributed by atoms with E-state index in [9.17, 15) is 5.11 Å². The number of nitrogens with zero attached hydrogens (tertiary/aromatic N) is 2. The van der Waals surface area contributed by atoms with E-state index in [1.165, 1.54) is 11.3 Å². The van der Waals surface area contributed by atoms with Crippen LogP contribution >= 0.6 is 0 Å². The fourth-order valence-electron chi connectivity index (χ4n) is 3.10. The van der Waals surface area contributed by atoms with Crippen molar-refractivity contribution in [2.45, 2.75) is 31.8 Å². The van der Waals surface area contributed by atoms with E-state index in [1.54, 1.807) is 0 Å². The number of rotatable bonds is 6. The highest BCUT2D eigenvalue weighted by molar-refractivity contribution is 5.26. The molecule has 1 aliphatic rings. The number of benzene rings is 1. The molecule has 1 aliphatic heterocycles. The number of aromatic nitrogens is 2. The van der Waals surface area contributed by atoms with E-state index in [-0.39, 0.29) is 0 Å². The number of piperidine rings is 1. The van der Waals surface area contributed by atoms with E-state index in [0.29, 0.717) is 19.1 Å². The minimum absolute atomic E-state index is 0.337. The van der Waals surface area contributed by atoms with Gasteiger partial charge in [-0.05, 0) is 51.1 Å². The van der Waals surface area contributed by atoms with Crippen molar-refractivity contribution in [2.75, 3.05) is 26.2 Å². The Labute approximate surface area is 137 Å². The summed E-state index contributed by atoms with van der Waals surface area (Å²) in [4.78, 5) is 2.32. The second kappa shape index (κ2) is 7.62. The van der Waals surface area contributed by atoms with Crippen molar-refractivity contribution < 1.29 is 9.84 Å². The van der Waals surface area contributed by atoms with Crippen LogP contribution in [0.15, 0.2) is 36.5 Å². The second-order valence-corrected chi connectivity index (χ2v) is 6.36. The summed E-state index contributed by atoms with van der Waals surface area (Å²) in [5.41, 5.74) is 2.44. The van der Waals surface area contributed by atoms with Gasteiger partial charge >= 0.3 is 0 Å². The Morgan fingerprint density at radius 3 is 2.65 bits per heavy atom. The van der Waals surface area contributed by atoms with Crippen LogP contribution in [-0.4, -0.2) is 52.5 Å². The van der Waals surface area contributed by atoms with Crippen LogP contribution in [0.4, 0.5) is 0 Å². The zero-order valence-corrected chi connectivity index (χ0v) is 13.6. The molecular formula is C18H25N3O2. The predicted octanol–water partition coefficient (Wildman–Crippen LogP) is 2.34. The maximum Gasteiger partial charge on any atom is 0.119 e. The number of aromatic amines is 1. The van der Waals surface area contributed by atoms with Crippen molar-refractivity contribution in [1.82, 2.24) is 15.1 Å². The molecule has 5 heteroatoms. The summed E-state index contributed by atoms with van der Waals surface area (Å²) in [6.45, 7) is 5.06. The number of hydrogen-bond donors (Lipinski definition) is 2. The lowest BCUT2D eigenvalue weighted by molar-refractivity contribution is 0.0592. The van der Waals surface area contributed by atoms with Crippen LogP contribution in [0.25, 0.3) is 0 Å². The molecule has 0 bridgehead atoms. The van der Waals surface area contributed by atoms with E-state index >= 15 is 0 Å². The number of aryl methyl sites for hydroxylation is 1. The average Bonchev–Trinajstić information content (AvgIpc) is 3.09. The number of nitrogens with one attached hydrogen (secondary N) is 1. The lowest BCUT2D eigenvalue weighted by Gasteiger charge is -2.32. The average molecular weight is 315 g/mol. The summed E-state index contributed by atoms with van der Waals surface area (Å²) in [5, 5.41) is 17.3. The largest absolute Gasteiger partial charge is 0.491 e. The molecule has 0 spiro atoms. The van der Waals surface area contributed by atoms with Gasteiger partial charge in [0.25, 0.3) is 0 Å². The molecule has 0 aliphatic carbocycles. The second-order valence-electron chi connectivity index (χ2n) is 6.36. The summed E-state index contributed by atoms with van der Waals surface area (Å²) in [5.74, 6) is 1.38. The standard InChI is InChI=1S/C18H25N3O2/c1-14-2-4-17(5-3-14)23-13-16(22)12-21-10-7-15(8-11-21)18-6-9-19-20-18/h2-6,9,15-16,22H,7-8,10-13H2,1H3,(H,19,20). The molecule has 1 saturated heterocycles. The van der Waals surface area contributed by atoms with E-state index < -0.39 is 6.10 Å². The quantitative estimate of drug-likeness (QED) is 0.859. The Morgan fingerprint density at radius 1 is 1.26 bits per heavy atom. The minimum atomic E-state index is -0.458. The van der Waals surface area contributed by atoms with Gasteiger partial charge in [0.15, 0.2) is 0 Å². The Hall–Kier alpha value is -1.85. The third-order valence-electron chi connectivity index (χ3n) is 4.48. The van der Waals surface area contributed by atoms with Gasteiger partial charge in [0.2, 0.25) is 0 Å². The fraction of sp³-hybridized carbons (Fsp3) is 0.500. The van der Waals surface area contributed by atoms with Crippen molar-refractivity contribution in [1.29, 1.82) is 0 Å². The number of ether oxygens (including phenoxy) is 1. The Bertz CT molecular complexity index is 575. The number of aliphatic hydroxyl groups is 1. The zero-order chi connectivity index (χ0) is 16.1. The lowest BCUT2D eigenvalue weighted by Crippen LogP contribution is -2.40. The highest BCUT2D eigenvalue weighted by Gasteiger charge is 2.23. The first-order valence-corrected chi connectivity index (χ1v) is 8.30. The summed E-state index contributed by atoms with van der Waals surface area (Å²) in [6, 6.07) is 9.98. The SMILES string of the molecule is Cc1ccc(OCC(O)CN2CCC(c3ccn[nH]3)CC2)cc1. The van der Waals surface area contributed by atoms with E-state index in [4.69, 9.17) is 4.74 Å². The maximum absolute atomic E-state index is 10.2. The topological polar surface area (TPSA) is 61.4 Å². The third-order valence-corrected chi connectivity index (χ3v) is 4.48. The van der Waals surface area contributed by atoms with Gasteiger partial charge < -0.3 is 14.7 Å². The Balaban J connectivity index is 1.39. The Morgan fingerprint density at radius 2 is 2.00 bits per heavy atom. The van der Waals surface area contributed by atoms with Crippen molar-refractivity contribution in [2.24, 2.45) is 0 Å².